The van der Waals surface area contributed by atoms with E-state index in [1.54, 1.807) is 76.4 Å². The first kappa shape index (κ1) is 26.0. The number of anilines is 2. The van der Waals surface area contributed by atoms with E-state index in [0.29, 0.717) is 33.9 Å². The van der Waals surface area contributed by atoms with Crippen LogP contribution in [0.1, 0.15) is 49.4 Å². The van der Waals surface area contributed by atoms with Crippen molar-refractivity contribution >= 4 is 35.1 Å². The molecule has 1 aromatic heterocycles. The lowest BCUT2D eigenvalue weighted by Crippen LogP contribution is -2.21. The highest BCUT2D eigenvalue weighted by atomic mass is 16.5. The van der Waals surface area contributed by atoms with Crippen molar-refractivity contribution in [2.24, 2.45) is 0 Å². The van der Waals surface area contributed by atoms with Crippen LogP contribution in [0.15, 0.2) is 48.5 Å². The monoisotopic (exact) mass is 493 g/mol. The van der Waals surface area contributed by atoms with Gasteiger partial charge in [-0.3, -0.25) is 9.59 Å². The summed E-state index contributed by atoms with van der Waals surface area (Å²) in [5.74, 6) is -1.51. The van der Waals surface area contributed by atoms with Gasteiger partial charge in [0, 0.05) is 22.6 Å². The average Bonchev–Trinajstić information content (AvgIpc) is 3.17. The fourth-order valence-electron chi connectivity index (χ4n) is 3.45. The smallest absolute Gasteiger partial charge is 0.355 e. The Bertz CT molecular complexity index is 1260. The number of carbonyl (C=O) groups excluding carboxylic acids is 4. The van der Waals surface area contributed by atoms with Gasteiger partial charge in [-0.05, 0) is 74.9 Å². The lowest BCUT2D eigenvalue weighted by Gasteiger charge is -2.09. The maximum Gasteiger partial charge on any atom is 0.355 e. The van der Waals surface area contributed by atoms with E-state index >= 15 is 0 Å². The van der Waals surface area contributed by atoms with Crippen LogP contribution in [-0.4, -0.2) is 49.1 Å². The summed E-state index contributed by atoms with van der Waals surface area (Å²) in [7, 11) is 1.56. The number of aromatic nitrogens is 1. The van der Waals surface area contributed by atoms with E-state index in [1.165, 1.54) is 0 Å². The zero-order valence-electron chi connectivity index (χ0n) is 20.4. The molecule has 0 radical (unpaired) electrons. The minimum Gasteiger partial charge on any atom is -0.497 e. The highest BCUT2D eigenvalue weighted by Crippen LogP contribution is 2.20. The van der Waals surface area contributed by atoms with Crippen molar-refractivity contribution in [1.82, 2.24) is 4.98 Å². The van der Waals surface area contributed by atoms with Crippen LogP contribution in [0.3, 0.4) is 0 Å². The van der Waals surface area contributed by atoms with Crippen molar-refractivity contribution in [3.8, 4) is 5.75 Å². The van der Waals surface area contributed by atoms with E-state index in [-0.39, 0.29) is 23.8 Å². The zero-order chi connectivity index (χ0) is 26.2. The summed E-state index contributed by atoms with van der Waals surface area (Å²) in [4.78, 5) is 52.0. The number of hydrogen-bond donors (Lipinski definition) is 3. The Morgan fingerprint density at radius 3 is 2.06 bits per heavy atom. The van der Waals surface area contributed by atoms with Crippen molar-refractivity contribution in [2.75, 3.05) is 31.0 Å². The molecule has 0 aliphatic heterocycles. The molecular formula is C26H27N3O7. The molecule has 0 aliphatic rings. The topological polar surface area (TPSA) is 136 Å². The van der Waals surface area contributed by atoms with E-state index in [9.17, 15) is 19.2 Å². The summed E-state index contributed by atoms with van der Waals surface area (Å²) < 4.78 is 15.2. The molecule has 0 atom stereocenters. The van der Waals surface area contributed by atoms with Crippen molar-refractivity contribution < 1.29 is 33.4 Å². The number of esters is 2. The van der Waals surface area contributed by atoms with Crippen LogP contribution in [0.5, 0.6) is 5.75 Å². The number of rotatable bonds is 9. The van der Waals surface area contributed by atoms with Crippen LogP contribution in [0.2, 0.25) is 0 Å². The zero-order valence-corrected chi connectivity index (χ0v) is 20.4. The SMILES string of the molecule is CCOC(=O)c1c(C)[nH]c(C(=O)OCC(=O)Nc2ccc(C(=O)Nc3ccc(OC)cc3)cc2)c1C. The van der Waals surface area contributed by atoms with Crippen molar-refractivity contribution in [3.63, 3.8) is 0 Å². The fraction of sp³-hybridized carbons (Fsp3) is 0.231. The molecular weight excluding hydrogens is 466 g/mol. The summed E-state index contributed by atoms with van der Waals surface area (Å²) in [5.41, 5.74) is 2.64. The second-order valence-electron chi connectivity index (χ2n) is 7.73. The van der Waals surface area contributed by atoms with Gasteiger partial charge in [0.15, 0.2) is 6.61 Å². The molecule has 10 heteroatoms. The predicted octanol–water partition coefficient (Wildman–Crippen LogP) is 3.86. The molecule has 188 valence electrons. The first-order chi connectivity index (χ1) is 17.2. The van der Waals surface area contributed by atoms with Crippen LogP contribution >= 0.6 is 0 Å². The van der Waals surface area contributed by atoms with Gasteiger partial charge in [-0.25, -0.2) is 9.59 Å². The number of carbonyl (C=O) groups is 4. The second kappa shape index (κ2) is 11.7. The molecule has 0 saturated carbocycles. The second-order valence-corrected chi connectivity index (χ2v) is 7.73. The largest absolute Gasteiger partial charge is 0.497 e. The normalized spacial score (nSPS) is 10.3. The van der Waals surface area contributed by atoms with Gasteiger partial charge in [-0.1, -0.05) is 0 Å². The fourth-order valence-corrected chi connectivity index (χ4v) is 3.45. The first-order valence-electron chi connectivity index (χ1n) is 11.1. The molecule has 2 amide bonds. The Labute approximate surface area is 207 Å². The van der Waals surface area contributed by atoms with Gasteiger partial charge in [0.05, 0.1) is 19.3 Å². The molecule has 36 heavy (non-hydrogen) atoms. The van der Waals surface area contributed by atoms with Gasteiger partial charge in [-0.2, -0.15) is 0 Å². The van der Waals surface area contributed by atoms with Crippen molar-refractivity contribution in [1.29, 1.82) is 0 Å². The molecule has 0 fully saturated rings. The molecule has 0 saturated heterocycles. The van der Waals surface area contributed by atoms with E-state index in [0.717, 1.165) is 0 Å². The Balaban J connectivity index is 1.53. The van der Waals surface area contributed by atoms with Crippen LogP contribution in [0.4, 0.5) is 11.4 Å². The number of amides is 2. The number of methoxy groups -OCH3 is 1. The molecule has 0 unspecified atom stereocenters. The third-order valence-corrected chi connectivity index (χ3v) is 5.23. The quantitative estimate of drug-likeness (QED) is 0.385. The maximum absolute atomic E-state index is 12.4. The van der Waals surface area contributed by atoms with Crippen LogP contribution < -0.4 is 15.4 Å². The summed E-state index contributed by atoms with van der Waals surface area (Å²) in [6, 6.07) is 13.2. The van der Waals surface area contributed by atoms with E-state index in [2.05, 4.69) is 15.6 Å². The predicted molar refractivity (Wildman–Crippen MR) is 133 cm³/mol. The molecule has 3 N–H and O–H groups in total. The standard InChI is InChI=1S/C26H27N3O7/c1-5-35-25(32)22-15(2)23(27-16(22)3)26(33)36-14-21(30)28-18-8-6-17(7-9-18)24(31)29-19-10-12-20(34-4)13-11-19/h6-13,27H,5,14H2,1-4H3,(H,28,30)(H,29,31). The third kappa shape index (κ3) is 6.29. The lowest BCUT2D eigenvalue weighted by molar-refractivity contribution is -0.119. The Kier molecular flexibility index (Phi) is 8.45. The number of aromatic amines is 1. The van der Waals surface area contributed by atoms with Gasteiger partial charge >= 0.3 is 11.9 Å². The minimum absolute atomic E-state index is 0.0792. The van der Waals surface area contributed by atoms with E-state index in [1.807, 2.05) is 0 Å². The summed E-state index contributed by atoms with van der Waals surface area (Å²) in [6.07, 6.45) is 0. The summed E-state index contributed by atoms with van der Waals surface area (Å²) in [5, 5.41) is 5.37. The number of hydrogen-bond acceptors (Lipinski definition) is 7. The number of nitrogens with one attached hydrogen (secondary N) is 3. The third-order valence-electron chi connectivity index (χ3n) is 5.23. The van der Waals surface area contributed by atoms with Gasteiger partial charge < -0.3 is 29.8 Å². The van der Waals surface area contributed by atoms with E-state index in [4.69, 9.17) is 14.2 Å². The van der Waals surface area contributed by atoms with Gasteiger partial charge in [-0.15, -0.1) is 0 Å². The number of ether oxygens (including phenoxy) is 3. The average molecular weight is 494 g/mol. The molecule has 3 rings (SSSR count). The number of benzene rings is 2. The lowest BCUT2D eigenvalue weighted by atomic mass is 10.1. The van der Waals surface area contributed by atoms with Crippen LogP contribution in [0, 0.1) is 13.8 Å². The Morgan fingerprint density at radius 1 is 0.833 bits per heavy atom. The van der Waals surface area contributed by atoms with Gasteiger partial charge in [0.25, 0.3) is 11.8 Å². The maximum atomic E-state index is 12.4. The molecule has 0 spiro atoms. The number of aryl methyl sites for hydroxylation is 1. The molecule has 0 aliphatic carbocycles. The summed E-state index contributed by atoms with van der Waals surface area (Å²) >= 11 is 0. The molecule has 10 nitrogen and oxygen atoms in total. The Morgan fingerprint density at radius 2 is 1.44 bits per heavy atom. The highest BCUT2D eigenvalue weighted by Gasteiger charge is 2.24. The molecule has 1 heterocycles. The van der Waals surface area contributed by atoms with Crippen LogP contribution in [0.25, 0.3) is 0 Å². The van der Waals surface area contributed by atoms with Crippen molar-refractivity contribution in [3.05, 3.63) is 76.6 Å². The molecule has 2 aromatic carbocycles. The van der Waals surface area contributed by atoms with Crippen molar-refractivity contribution in [2.45, 2.75) is 20.8 Å². The van der Waals surface area contributed by atoms with E-state index < -0.39 is 24.5 Å². The molecule has 0 bridgehead atoms. The minimum atomic E-state index is -0.771. The Hall–Kier alpha value is -4.60. The first-order valence-corrected chi connectivity index (χ1v) is 11.1. The summed E-state index contributed by atoms with van der Waals surface area (Å²) in [6.45, 7) is 4.60. The van der Waals surface area contributed by atoms with Gasteiger partial charge in [0.2, 0.25) is 0 Å². The van der Waals surface area contributed by atoms with Crippen LogP contribution in [-0.2, 0) is 14.3 Å². The molecule has 3 aromatic rings. The van der Waals surface area contributed by atoms with Gasteiger partial charge in [0.1, 0.15) is 11.4 Å². The highest BCUT2D eigenvalue weighted by molar-refractivity contribution is 6.05. The number of H-pyrrole nitrogens is 1.